The zero-order chi connectivity index (χ0) is 17.7. The number of carbonyl (C=O) groups is 1. The number of carbonyl (C=O) groups excluding carboxylic acids is 1. The fraction of sp³-hybridized carbons (Fsp3) is 0.167. The number of benzene rings is 1. The molecule has 0 saturated carbocycles. The molecule has 3 heterocycles. The lowest BCUT2D eigenvalue weighted by molar-refractivity contribution is -0.114. The van der Waals surface area contributed by atoms with Gasteiger partial charge < -0.3 is 15.6 Å². The third kappa shape index (κ3) is 2.53. The molecule has 0 aliphatic carbocycles. The van der Waals surface area contributed by atoms with E-state index in [2.05, 4.69) is 15.5 Å². The third-order valence-electron chi connectivity index (χ3n) is 4.03. The Morgan fingerprint density at radius 1 is 1.28 bits per heavy atom. The topological polar surface area (TPSA) is 94.0 Å². The number of hydrogen-bond donors (Lipinski definition) is 2. The van der Waals surface area contributed by atoms with Gasteiger partial charge in [-0.1, -0.05) is 5.16 Å². The molecule has 0 bridgehead atoms. The first-order chi connectivity index (χ1) is 11.9. The second-order valence-corrected chi connectivity index (χ2v) is 7.03. The van der Waals surface area contributed by atoms with Crippen LogP contribution >= 0.6 is 11.3 Å². The number of rotatable bonds is 2. The van der Waals surface area contributed by atoms with Crippen LogP contribution in [0.25, 0.3) is 31.8 Å². The number of nitrogens with one attached hydrogen (secondary N) is 1. The van der Waals surface area contributed by atoms with Crippen LogP contribution in [0, 0.1) is 13.8 Å². The third-order valence-corrected chi connectivity index (χ3v) is 5.14. The molecule has 3 N–H and O–H groups in total. The van der Waals surface area contributed by atoms with Gasteiger partial charge >= 0.3 is 0 Å². The zero-order valence-electron chi connectivity index (χ0n) is 14.0. The van der Waals surface area contributed by atoms with Gasteiger partial charge in [-0.25, -0.2) is 4.98 Å². The Hall–Kier alpha value is -2.93. The normalized spacial score (nSPS) is 11.3. The summed E-state index contributed by atoms with van der Waals surface area (Å²) in [5.41, 5.74) is 11.1. The van der Waals surface area contributed by atoms with E-state index in [4.69, 9.17) is 10.3 Å². The lowest BCUT2D eigenvalue weighted by Gasteiger charge is -2.02. The highest BCUT2D eigenvalue weighted by atomic mass is 32.1. The van der Waals surface area contributed by atoms with E-state index < -0.39 is 0 Å². The highest BCUT2D eigenvalue weighted by Crippen LogP contribution is 2.43. The van der Waals surface area contributed by atoms with Gasteiger partial charge in [-0.05, 0) is 43.7 Å². The molecular weight excluding hydrogens is 336 g/mol. The molecule has 126 valence electrons. The minimum absolute atomic E-state index is 0.131. The molecule has 1 aromatic carbocycles. The maximum atomic E-state index is 11.3. The Bertz CT molecular complexity index is 1140. The van der Waals surface area contributed by atoms with Gasteiger partial charge in [0.15, 0.2) is 5.58 Å². The summed E-state index contributed by atoms with van der Waals surface area (Å²) in [7, 11) is 0. The average Bonchev–Trinajstić information content (AvgIpc) is 3.07. The van der Waals surface area contributed by atoms with Crippen molar-refractivity contribution < 1.29 is 9.32 Å². The summed E-state index contributed by atoms with van der Waals surface area (Å²) in [6, 6.07) is 7.43. The molecular formula is C18H16N4O2S. The van der Waals surface area contributed by atoms with Gasteiger partial charge in [-0.3, -0.25) is 4.79 Å². The van der Waals surface area contributed by atoms with Crippen molar-refractivity contribution in [2.45, 2.75) is 20.8 Å². The molecule has 0 saturated heterocycles. The van der Waals surface area contributed by atoms with Gasteiger partial charge in [0.1, 0.15) is 10.5 Å². The molecule has 0 radical (unpaired) electrons. The van der Waals surface area contributed by atoms with Crippen molar-refractivity contribution in [3.8, 4) is 10.6 Å². The van der Waals surface area contributed by atoms with Crippen LogP contribution in [0.5, 0.6) is 0 Å². The minimum atomic E-state index is -0.131. The van der Waals surface area contributed by atoms with Crippen LogP contribution in [0.1, 0.15) is 18.2 Å². The monoisotopic (exact) mass is 352 g/mol. The number of nitrogens with zero attached hydrogens (tertiary/aromatic N) is 2. The quantitative estimate of drug-likeness (QED) is 0.562. The van der Waals surface area contributed by atoms with E-state index in [1.807, 2.05) is 26.0 Å². The summed E-state index contributed by atoms with van der Waals surface area (Å²) in [5, 5.41) is 8.75. The zero-order valence-corrected chi connectivity index (χ0v) is 14.8. The second kappa shape index (κ2) is 5.56. The average molecular weight is 352 g/mol. The Labute approximate surface area is 147 Å². The molecule has 3 aromatic heterocycles. The molecule has 4 rings (SSSR count). The van der Waals surface area contributed by atoms with Gasteiger partial charge in [0.05, 0.1) is 16.0 Å². The largest absolute Gasteiger partial charge is 0.397 e. The minimum Gasteiger partial charge on any atom is -0.397 e. The van der Waals surface area contributed by atoms with Crippen molar-refractivity contribution >= 4 is 49.8 Å². The van der Waals surface area contributed by atoms with Crippen molar-refractivity contribution in [1.82, 2.24) is 10.1 Å². The lowest BCUT2D eigenvalue weighted by Crippen LogP contribution is -2.05. The summed E-state index contributed by atoms with van der Waals surface area (Å²) >= 11 is 1.50. The Kier molecular flexibility index (Phi) is 3.47. The molecule has 0 atom stereocenters. The molecule has 0 aliphatic rings. The number of anilines is 2. The number of hydrogen-bond acceptors (Lipinski definition) is 6. The second-order valence-electron chi connectivity index (χ2n) is 6.03. The van der Waals surface area contributed by atoms with Crippen LogP contribution in [-0.4, -0.2) is 16.0 Å². The smallest absolute Gasteiger partial charge is 0.221 e. The van der Waals surface area contributed by atoms with Crippen molar-refractivity contribution in [3.63, 3.8) is 0 Å². The van der Waals surface area contributed by atoms with E-state index in [1.165, 1.54) is 18.3 Å². The van der Waals surface area contributed by atoms with Crippen LogP contribution in [0.4, 0.5) is 11.4 Å². The Morgan fingerprint density at radius 3 is 2.84 bits per heavy atom. The predicted molar refractivity (Wildman–Crippen MR) is 101 cm³/mol. The summed E-state index contributed by atoms with van der Waals surface area (Å²) in [6.45, 7) is 5.46. The Balaban J connectivity index is 1.95. The summed E-state index contributed by atoms with van der Waals surface area (Å²) in [6.07, 6.45) is 0. The van der Waals surface area contributed by atoms with Crippen LogP contribution in [0.2, 0.25) is 0 Å². The van der Waals surface area contributed by atoms with Gasteiger partial charge in [-0.15, -0.1) is 11.3 Å². The van der Waals surface area contributed by atoms with Gasteiger partial charge in [0, 0.05) is 23.7 Å². The SMILES string of the molecule is CC(=O)Nc1ccc2onc(-c3sc4nc(C)cc(C)c4c3N)c2c1. The summed E-state index contributed by atoms with van der Waals surface area (Å²) in [4.78, 5) is 17.6. The lowest BCUT2D eigenvalue weighted by atomic mass is 10.1. The molecule has 0 aliphatic heterocycles. The highest BCUT2D eigenvalue weighted by molar-refractivity contribution is 7.22. The number of thiophene rings is 1. The standard InChI is InChI=1S/C18H16N4O2S/c1-8-6-9(2)20-18-14(8)15(19)17(25-18)16-12-7-11(21-10(3)23)4-5-13(12)24-22-16/h4-7H,19H2,1-3H3,(H,21,23). The maximum Gasteiger partial charge on any atom is 0.221 e. The predicted octanol–water partition coefficient (Wildman–Crippen LogP) is 4.26. The molecule has 4 aromatic rings. The summed E-state index contributed by atoms with van der Waals surface area (Å²) in [5.74, 6) is -0.131. The number of pyridine rings is 1. The van der Waals surface area contributed by atoms with E-state index in [0.29, 0.717) is 22.7 Å². The van der Waals surface area contributed by atoms with Crippen LogP contribution in [0.3, 0.4) is 0 Å². The fourth-order valence-corrected chi connectivity index (χ4v) is 4.24. The molecule has 25 heavy (non-hydrogen) atoms. The number of aryl methyl sites for hydroxylation is 2. The molecule has 0 fully saturated rings. The van der Waals surface area contributed by atoms with Crippen molar-refractivity contribution in [3.05, 3.63) is 35.5 Å². The molecule has 7 heteroatoms. The van der Waals surface area contributed by atoms with E-state index in [0.717, 1.165) is 31.7 Å². The van der Waals surface area contributed by atoms with Crippen LogP contribution in [0.15, 0.2) is 28.8 Å². The Morgan fingerprint density at radius 2 is 2.08 bits per heavy atom. The van der Waals surface area contributed by atoms with E-state index in [9.17, 15) is 4.79 Å². The van der Waals surface area contributed by atoms with Gasteiger partial charge in [0.2, 0.25) is 5.91 Å². The number of nitrogen functional groups attached to an aromatic ring is 1. The van der Waals surface area contributed by atoms with E-state index >= 15 is 0 Å². The van der Waals surface area contributed by atoms with E-state index in [-0.39, 0.29) is 5.91 Å². The van der Waals surface area contributed by atoms with Crippen LogP contribution < -0.4 is 11.1 Å². The first-order valence-electron chi connectivity index (χ1n) is 7.77. The molecule has 0 unspecified atom stereocenters. The maximum absolute atomic E-state index is 11.3. The van der Waals surface area contributed by atoms with E-state index in [1.54, 1.807) is 12.1 Å². The molecule has 6 nitrogen and oxygen atoms in total. The number of amides is 1. The van der Waals surface area contributed by atoms with Crippen molar-refractivity contribution in [2.75, 3.05) is 11.1 Å². The van der Waals surface area contributed by atoms with Crippen LogP contribution in [-0.2, 0) is 4.79 Å². The molecule has 0 spiro atoms. The fourth-order valence-electron chi connectivity index (χ4n) is 3.03. The number of nitrogens with two attached hydrogens (primary N) is 1. The summed E-state index contributed by atoms with van der Waals surface area (Å²) < 4.78 is 5.44. The van der Waals surface area contributed by atoms with Crippen molar-refractivity contribution in [1.29, 1.82) is 0 Å². The molecule has 1 amide bonds. The van der Waals surface area contributed by atoms with Gasteiger partial charge in [0.25, 0.3) is 0 Å². The first-order valence-corrected chi connectivity index (χ1v) is 8.59. The van der Waals surface area contributed by atoms with Crippen molar-refractivity contribution in [2.24, 2.45) is 0 Å². The first kappa shape index (κ1) is 15.6. The number of aromatic nitrogens is 2. The highest BCUT2D eigenvalue weighted by Gasteiger charge is 2.20. The van der Waals surface area contributed by atoms with Gasteiger partial charge in [-0.2, -0.15) is 0 Å². The number of fused-ring (bicyclic) bond motifs is 2.